The van der Waals surface area contributed by atoms with E-state index in [0.29, 0.717) is 24.3 Å². The van der Waals surface area contributed by atoms with Crippen LogP contribution >= 0.6 is 0 Å². The predicted octanol–water partition coefficient (Wildman–Crippen LogP) is 3.11. The zero-order valence-electron chi connectivity index (χ0n) is 14.3. The van der Waals surface area contributed by atoms with Crippen LogP contribution in [0.1, 0.15) is 40.6 Å². The van der Waals surface area contributed by atoms with Gasteiger partial charge in [0.15, 0.2) is 6.04 Å². The van der Waals surface area contributed by atoms with Crippen LogP contribution < -0.4 is 10.1 Å². The summed E-state index contributed by atoms with van der Waals surface area (Å²) in [6, 6.07) is 11.8. The van der Waals surface area contributed by atoms with E-state index in [1.165, 1.54) is 0 Å². The molecule has 1 amide bonds. The molecule has 0 aromatic heterocycles. The van der Waals surface area contributed by atoms with Crippen LogP contribution in [0.25, 0.3) is 0 Å². The Hall–Kier alpha value is -2.82. The molecule has 5 heteroatoms. The fraction of sp³-hybridized carbons (Fsp3) is 0.300. The molecule has 5 nitrogen and oxygen atoms in total. The Morgan fingerprint density at radius 2 is 1.92 bits per heavy atom. The molecule has 2 unspecified atom stereocenters. The largest absolute Gasteiger partial charge is 0.493 e. The number of aryl methyl sites for hydroxylation is 1. The molecule has 0 saturated carbocycles. The number of fused-ring (bicyclic) bond motifs is 1. The van der Waals surface area contributed by atoms with E-state index < -0.39 is 17.9 Å². The normalized spacial score (nSPS) is 17.1. The van der Waals surface area contributed by atoms with Gasteiger partial charge in [-0.15, -0.1) is 0 Å². The van der Waals surface area contributed by atoms with E-state index in [9.17, 15) is 14.7 Å². The summed E-state index contributed by atoms with van der Waals surface area (Å²) in [6.45, 7) is 4.24. The quantitative estimate of drug-likeness (QED) is 0.897. The number of rotatable bonds is 4. The lowest BCUT2D eigenvalue weighted by atomic mass is 9.91. The van der Waals surface area contributed by atoms with E-state index in [1.54, 1.807) is 6.07 Å². The number of carbonyl (C=O) groups is 2. The van der Waals surface area contributed by atoms with Gasteiger partial charge < -0.3 is 15.2 Å². The molecule has 25 heavy (non-hydrogen) atoms. The monoisotopic (exact) mass is 339 g/mol. The average Bonchev–Trinajstić information content (AvgIpc) is 2.61. The van der Waals surface area contributed by atoms with Gasteiger partial charge >= 0.3 is 5.97 Å². The highest BCUT2D eigenvalue weighted by Crippen LogP contribution is 2.34. The first-order valence-electron chi connectivity index (χ1n) is 8.30. The van der Waals surface area contributed by atoms with Crippen molar-refractivity contribution < 1.29 is 19.4 Å². The maximum atomic E-state index is 12.8. The molecule has 2 aromatic rings. The molecule has 2 atom stereocenters. The minimum atomic E-state index is -1.07. The molecular formula is C20H21NO4. The Morgan fingerprint density at radius 1 is 1.16 bits per heavy atom. The summed E-state index contributed by atoms with van der Waals surface area (Å²) in [5, 5.41) is 12.4. The van der Waals surface area contributed by atoms with Gasteiger partial charge in [-0.25, -0.2) is 4.79 Å². The first kappa shape index (κ1) is 17.0. The van der Waals surface area contributed by atoms with Crippen LogP contribution in [0.3, 0.4) is 0 Å². The number of carbonyl (C=O) groups excluding carboxylic acids is 1. The lowest BCUT2D eigenvalue weighted by Crippen LogP contribution is -2.38. The fourth-order valence-electron chi connectivity index (χ4n) is 3.22. The molecule has 0 aliphatic carbocycles. The van der Waals surface area contributed by atoms with Crippen LogP contribution in [0.4, 0.5) is 0 Å². The predicted molar refractivity (Wildman–Crippen MR) is 93.7 cm³/mol. The fourth-order valence-corrected chi connectivity index (χ4v) is 3.22. The maximum absolute atomic E-state index is 12.8. The van der Waals surface area contributed by atoms with Crippen LogP contribution in [0.5, 0.6) is 5.75 Å². The molecule has 130 valence electrons. The van der Waals surface area contributed by atoms with Crippen molar-refractivity contribution in [1.82, 2.24) is 5.32 Å². The Balaban J connectivity index is 1.88. The Bertz CT molecular complexity index is 815. The van der Waals surface area contributed by atoms with Gasteiger partial charge in [0, 0.05) is 5.56 Å². The smallest absolute Gasteiger partial charge is 0.330 e. The van der Waals surface area contributed by atoms with Crippen molar-refractivity contribution in [3.63, 3.8) is 0 Å². The SMILES string of the molecule is Cc1cccc(C(NC(=O)C2CCOc3ccccc32)C(=O)O)c1C. The lowest BCUT2D eigenvalue weighted by Gasteiger charge is -2.27. The zero-order valence-corrected chi connectivity index (χ0v) is 14.3. The lowest BCUT2D eigenvalue weighted by molar-refractivity contribution is -0.142. The summed E-state index contributed by atoms with van der Waals surface area (Å²) in [5.41, 5.74) is 3.29. The van der Waals surface area contributed by atoms with E-state index in [4.69, 9.17) is 4.74 Å². The Kier molecular flexibility index (Phi) is 4.74. The van der Waals surface area contributed by atoms with Crippen LogP contribution in [0.2, 0.25) is 0 Å². The Morgan fingerprint density at radius 3 is 2.68 bits per heavy atom. The summed E-state index contributed by atoms with van der Waals surface area (Å²) in [5.74, 6) is -1.07. The number of aliphatic carboxylic acids is 1. The summed E-state index contributed by atoms with van der Waals surface area (Å²) < 4.78 is 5.58. The van der Waals surface area contributed by atoms with E-state index in [1.807, 2.05) is 50.2 Å². The Labute approximate surface area is 146 Å². The van der Waals surface area contributed by atoms with Crippen molar-refractivity contribution in [1.29, 1.82) is 0 Å². The van der Waals surface area contributed by atoms with E-state index in [0.717, 1.165) is 16.7 Å². The third-order valence-electron chi connectivity index (χ3n) is 4.77. The van der Waals surface area contributed by atoms with Gasteiger partial charge in [0.05, 0.1) is 12.5 Å². The van der Waals surface area contributed by atoms with Gasteiger partial charge in [0.25, 0.3) is 0 Å². The number of ether oxygens (including phenoxy) is 1. The van der Waals surface area contributed by atoms with Crippen molar-refractivity contribution >= 4 is 11.9 Å². The van der Waals surface area contributed by atoms with Crippen LogP contribution in [0, 0.1) is 13.8 Å². The summed E-state index contributed by atoms with van der Waals surface area (Å²) in [6.07, 6.45) is 0.530. The molecule has 2 N–H and O–H groups in total. The van der Waals surface area contributed by atoms with Crippen molar-refractivity contribution in [2.24, 2.45) is 0 Å². The zero-order chi connectivity index (χ0) is 18.0. The molecular weight excluding hydrogens is 318 g/mol. The number of hydrogen-bond acceptors (Lipinski definition) is 3. The van der Waals surface area contributed by atoms with Crippen LogP contribution in [-0.4, -0.2) is 23.6 Å². The van der Waals surface area contributed by atoms with Gasteiger partial charge in [0.2, 0.25) is 5.91 Å². The van der Waals surface area contributed by atoms with E-state index in [-0.39, 0.29) is 5.91 Å². The van der Waals surface area contributed by atoms with Gasteiger partial charge in [0.1, 0.15) is 5.75 Å². The minimum absolute atomic E-state index is 0.288. The number of amides is 1. The van der Waals surface area contributed by atoms with Crippen molar-refractivity contribution in [3.05, 3.63) is 64.7 Å². The molecule has 0 radical (unpaired) electrons. The summed E-state index contributed by atoms with van der Waals surface area (Å²) in [4.78, 5) is 24.6. The molecule has 2 aromatic carbocycles. The molecule has 1 aliphatic heterocycles. The highest BCUT2D eigenvalue weighted by atomic mass is 16.5. The topological polar surface area (TPSA) is 75.6 Å². The minimum Gasteiger partial charge on any atom is -0.493 e. The van der Waals surface area contributed by atoms with Crippen LogP contribution in [-0.2, 0) is 9.59 Å². The molecule has 1 heterocycles. The number of nitrogens with one attached hydrogen (secondary N) is 1. The van der Waals surface area contributed by atoms with E-state index in [2.05, 4.69) is 5.32 Å². The highest BCUT2D eigenvalue weighted by Gasteiger charge is 2.31. The van der Waals surface area contributed by atoms with Crippen molar-refractivity contribution in [3.8, 4) is 5.75 Å². The number of carboxylic acid groups (broad SMARTS) is 1. The van der Waals surface area contributed by atoms with Gasteiger partial charge in [-0.1, -0.05) is 36.4 Å². The van der Waals surface area contributed by atoms with Gasteiger partial charge in [-0.2, -0.15) is 0 Å². The number of para-hydroxylation sites is 1. The van der Waals surface area contributed by atoms with Gasteiger partial charge in [-0.3, -0.25) is 4.79 Å². The molecule has 3 rings (SSSR count). The third kappa shape index (κ3) is 3.36. The summed E-state index contributed by atoms with van der Waals surface area (Å²) >= 11 is 0. The summed E-state index contributed by atoms with van der Waals surface area (Å²) in [7, 11) is 0. The molecule has 0 saturated heterocycles. The number of hydrogen-bond donors (Lipinski definition) is 2. The average molecular weight is 339 g/mol. The second-order valence-electron chi connectivity index (χ2n) is 6.30. The first-order chi connectivity index (χ1) is 12.0. The molecule has 0 fully saturated rings. The van der Waals surface area contributed by atoms with Crippen molar-refractivity contribution in [2.45, 2.75) is 32.2 Å². The maximum Gasteiger partial charge on any atom is 0.330 e. The van der Waals surface area contributed by atoms with E-state index >= 15 is 0 Å². The molecule has 1 aliphatic rings. The molecule has 0 bridgehead atoms. The number of benzene rings is 2. The molecule has 0 spiro atoms. The van der Waals surface area contributed by atoms with Crippen LogP contribution in [0.15, 0.2) is 42.5 Å². The standard InChI is InChI=1S/C20H21NO4/c1-12-6-5-8-14(13(12)2)18(20(23)24)21-19(22)16-10-11-25-17-9-4-3-7-15(16)17/h3-9,16,18H,10-11H2,1-2H3,(H,21,22)(H,23,24). The third-order valence-corrected chi connectivity index (χ3v) is 4.77. The highest BCUT2D eigenvalue weighted by molar-refractivity contribution is 5.89. The second kappa shape index (κ2) is 6.97. The van der Waals surface area contributed by atoms with Crippen molar-refractivity contribution in [2.75, 3.05) is 6.61 Å². The second-order valence-corrected chi connectivity index (χ2v) is 6.30. The number of carboxylic acids is 1. The first-order valence-corrected chi connectivity index (χ1v) is 8.30. The van der Waals surface area contributed by atoms with Gasteiger partial charge in [-0.05, 0) is 43.0 Å².